The molecule has 5 heteroatoms. The average molecular weight is 284 g/mol. The fourth-order valence-electron chi connectivity index (χ4n) is 2.57. The fourth-order valence-corrected chi connectivity index (χ4v) is 2.86. The van der Waals surface area contributed by atoms with Gasteiger partial charge in [0.05, 0.1) is 10.6 Å². The fraction of sp³-hybridized carbons (Fsp3) is 0.571. The number of hydrogen-bond acceptors (Lipinski definition) is 4. The Morgan fingerprint density at radius 2 is 2.26 bits per heavy atom. The highest BCUT2D eigenvalue weighted by molar-refractivity contribution is 6.32. The molecule has 1 N–H and O–H groups in total. The summed E-state index contributed by atoms with van der Waals surface area (Å²) in [6, 6.07) is 3.89. The molecular formula is C14H18ClNO3. The van der Waals surface area contributed by atoms with Gasteiger partial charge in [-0.2, -0.15) is 0 Å². The zero-order chi connectivity index (χ0) is 13.3. The first-order valence-corrected chi connectivity index (χ1v) is 6.97. The summed E-state index contributed by atoms with van der Waals surface area (Å²) in [5, 5.41) is 4.03. The van der Waals surface area contributed by atoms with Crippen LogP contribution < -0.4 is 14.8 Å². The lowest BCUT2D eigenvalue weighted by Crippen LogP contribution is -2.36. The van der Waals surface area contributed by atoms with Crippen molar-refractivity contribution in [1.82, 2.24) is 5.32 Å². The van der Waals surface area contributed by atoms with Gasteiger partial charge < -0.3 is 19.5 Å². The second-order valence-electron chi connectivity index (χ2n) is 5.32. The van der Waals surface area contributed by atoms with Crippen molar-refractivity contribution in [2.24, 2.45) is 0 Å². The van der Waals surface area contributed by atoms with Crippen LogP contribution in [0.5, 0.6) is 11.5 Å². The molecule has 2 aliphatic heterocycles. The lowest BCUT2D eigenvalue weighted by molar-refractivity contribution is 0.0207. The minimum absolute atomic E-state index is 0.0276. The summed E-state index contributed by atoms with van der Waals surface area (Å²) in [5.74, 6) is 1.38. The van der Waals surface area contributed by atoms with Crippen LogP contribution in [-0.4, -0.2) is 25.5 Å². The summed E-state index contributed by atoms with van der Waals surface area (Å²) < 4.78 is 16.4. The number of nitrogens with one attached hydrogen (secondary N) is 1. The quantitative estimate of drug-likeness (QED) is 0.922. The predicted octanol–water partition coefficient (Wildman–Crippen LogP) is 2.73. The van der Waals surface area contributed by atoms with Crippen LogP contribution in [0.25, 0.3) is 0 Å². The van der Waals surface area contributed by atoms with E-state index >= 15 is 0 Å². The Hall–Kier alpha value is -0.970. The van der Waals surface area contributed by atoms with Gasteiger partial charge in [0.15, 0.2) is 11.5 Å². The van der Waals surface area contributed by atoms with E-state index in [9.17, 15) is 0 Å². The average Bonchev–Trinajstić information content (AvgIpc) is 2.98. The third kappa shape index (κ3) is 2.81. The zero-order valence-corrected chi connectivity index (χ0v) is 11.8. The topological polar surface area (TPSA) is 39.7 Å². The normalized spacial score (nSPS) is 24.9. The van der Waals surface area contributed by atoms with Gasteiger partial charge in [-0.1, -0.05) is 11.6 Å². The predicted molar refractivity (Wildman–Crippen MR) is 72.9 cm³/mol. The van der Waals surface area contributed by atoms with Gasteiger partial charge in [-0.3, -0.25) is 0 Å². The smallest absolute Gasteiger partial charge is 0.231 e. The SMILES string of the molecule is CC1(CNCc2cc(Cl)c3c(c2)OCO3)CCCO1. The Balaban J connectivity index is 1.60. The van der Waals surface area contributed by atoms with Crippen LogP contribution in [0.4, 0.5) is 0 Å². The second-order valence-corrected chi connectivity index (χ2v) is 5.72. The molecule has 0 bridgehead atoms. The second kappa shape index (κ2) is 5.19. The first-order chi connectivity index (χ1) is 9.16. The van der Waals surface area contributed by atoms with Crippen LogP contribution in [-0.2, 0) is 11.3 Å². The van der Waals surface area contributed by atoms with Gasteiger partial charge in [0.25, 0.3) is 0 Å². The first kappa shape index (κ1) is 13.0. The number of ether oxygens (including phenoxy) is 3. The third-order valence-corrected chi connectivity index (χ3v) is 3.90. The van der Waals surface area contributed by atoms with Gasteiger partial charge in [0.1, 0.15) is 0 Å². The van der Waals surface area contributed by atoms with Crippen molar-refractivity contribution in [1.29, 1.82) is 0 Å². The van der Waals surface area contributed by atoms with Crippen molar-refractivity contribution in [3.05, 3.63) is 22.7 Å². The van der Waals surface area contributed by atoms with Gasteiger partial charge in [0, 0.05) is 19.7 Å². The number of hydrogen-bond donors (Lipinski definition) is 1. The van der Waals surface area contributed by atoms with E-state index in [0.29, 0.717) is 10.8 Å². The van der Waals surface area contributed by atoms with Crippen molar-refractivity contribution in [3.8, 4) is 11.5 Å². The Morgan fingerprint density at radius 3 is 3.05 bits per heavy atom. The summed E-state index contributed by atoms with van der Waals surface area (Å²) in [5.41, 5.74) is 1.07. The summed E-state index contributed by atoms with van der Waals surface area (Å²) in [7, 11) is 0. The van der Waals surface area contributed by atoms with Crippen LogP contribution in [0.1, 0.15) is 25.3 Å². The minimum Gasteiger partial charge on any atom is -0.454 e. The highest BCUT2D eigenvalue weighted by Crippen LogP contribution is 2.39. The van der Waals surface area contributed by atoms with E-state index in [1.165, 1.54) is 0 Å². The highest BCUT2D eigenvalue weighted by atomic mass is 35.5. The molecule has 0 spiro atoms. The van der Waals surface area contributed by atoms with Gasteiger partial charge in [-0.25, -0.2) is 0 Å². The molecule has 3 rings (SSSR count). The lowest BCUT2D eigenvalue weighted by atomic mass is 10.0. The molecule has 2 aliphatic rings. The van der Waals surface area contributed by atoms with E-state index in [-0.39, 0.29) is 12.4 Å². The van der Waals surface area contributed by atoms with Crippen molar-refractivity contribution in [3.63, 3.8) is 0 Å². The molecule has 0 aliphatic carbocycles. The van der Waals surface area contributed by atoms with E-state index in [4.69, 9.17) is 25.8 Å². The molecule has 0 aromatic heterocycles. The molecule has 1 aromatic carbocycles. The Kier molecular flexibility index (Phi) is 3.56. The van der Waals surface area contributed by atoms with Crippen LogP contribution in [0.15, 0.2) is 12.1 Å². The monoisotopic (exact) mass is 283 g/mol. The van der Waals surface area contributed by atoms with Crippen LogP contribution in [0.2, 0.25) is 5.02 Å². The molecule has 2 heterocycles. The number of benzene rings is 1. The van der Waals surface area contributed by atoms with Crippen LogP contribution in [0.3, 0.4) is 0 Å². The molecule has 19 heavy (non-hydrogen) atoms. The van der Waals surface area contributed by atoms with Crippen LogP contribution >= 0.6 is 11.6 Å². The van der Waals surface area contributed by atoms with E-state index in [1.54, 1.807) is 0 Å². The Bertz CT molecular complexity index is 472. The molecule has 1 saturated heterocycles. The third-order valence-electron chi connectivity index (χ3n) is 3.62. The number of rotatable bonds is 4. The summed E-state index contributed by atoms with van der Waals surface area (Å²) in [4.78, 5) is 0. The number of fused-ring (bicyclic) bond motifs is 1. The zero-order valence-electron chi connectivity index (χ0n) is 11.0. The molecule has 1 atom stereocenters. The van der Waals surface area contributed by atoms with E-state index in [1.807, 2.05) is 12.1 Å². The van der Waals surface area contributed by atoms with Gasteiger partial charge in [0.2, 0.25) is 6.79 Å². The summed E-state index contributed by atoms with van der Waals surface area (Å²) in [6.07, 6.45) is 2.26. The molecule has 0 amide bonds. The maximum Gasteiger partial charge on any atom is 0.231 e. The lowest BCUT2D eigenvalue weighted by Gasteiger charge is -2.23. The van der Waals surface area contributed by atoms with Crippen molar-refractivity contribution in [2.45, 2.75) is 31.9 Å². The molecular weight excluding hydrogens is 266 g/mol. The standard InChI is InChI=1S/C14H18ClNO3/c1-14(3-2-4-19-14)8-16-7-10-5-11(15)13-12(6-10)17-9-18-13/h5-6,16H,2-4,7-9H2,1H3. The first-order valence-electron chi connectivity index (χ1n) is 6.59. The van der Waals surface area contributed by atoms with Gasteiger partial charge in [-0.05, 0) is 37.5 Å². The van der Waals surface area contributed by atoms with Crippen molar-refractivity contribution in [2.75, 3.05) is 19.9 Å². The molecule has 0 radical (unpaired) electrons. The maximum absolute atomic E-state index is 6.15. The molecule has 4 nitrogen and oxygen atoms in total. The molecule has 1 aromatic rings. The molecule has 104 valence electrons. The molecule has 1 unspecified atom stereocenters. The molecule has 0 saturated carbocycles. The Labute approximate surface area is 118 Å². The van der Waals surface area contributed by atoms with Crippen molar-refractivity contribution < 1.29 is 14.2 Å². The van der Waals surface area contributed by atoms with Gasteiger partial charge >= 0.3 is 0 Å². The largest absolute Gasteiger partial charge is 0.454 e. The highest BCUT2D eigenvalue weighted by Gasteiger charge is 2.29. The summed E-state index contributed by atoms with van der Waals surface area (Å²) >= 11 is 6.15. The summed E-state index contributed by atoms with van der Waals surface area (Å²) in [6.45, 7) is 4.86. The molecule has 1 fully saturated rings. The Morgan fingerprint density at radius 1 is 1.37 bits per heavy atom. The van der Waals surface area contributed by atoms with E-state index in [2.05, 4.69) is 12.2 Å². The van der Waals surface area contributed by atoms with Crippen molar-refractivity contribution >= 4 is 11.6 Å². The van der Waals surface area contributed by atoms with E-state index in [0.717, 1.165) is 43.9 Å². The van der Waals surface area contributed by atoms with Gasteiger partial charge in [-0.15, -0.1) is 0 Å². The van der Waals surface area contributed by atoms with Crippen LogP contribution in [0, 0.1) is 0 Å². The maximum atomic E-state index is 6.15. The van der Waals surface area contributed by atoms with E-state index < -0.39 is 0 Å². The minimum atomic E-state index is -0.0276. The number of halogens is 1.